The van der Waals surface area contributed by atoms with Crippen molar-refractivity contribution in [3.63, 3.8) is 0 Å². The SMILES string of the molecule is Cc1ccc(-c2nc3ncccn3c2NC(=O)c2cc3ccccc3oc2=O)cc1. The average Bonchev–Trinajstić information content (AvgIpc) is 3.12. The highest BCUT2D eigenvalue weighted by Gasteiger charge is 2.20. The van der Waals surface area contributed by atoms with E-state index in [2.05, 4.69) is 15.3 Å². The van der Waals surface area contributed by atoms with Crippen LogP contribution in [0.5, 0.6) is 0 Å². The summed E-state index contributed by atoms with van der Waals surface area (Å²) < 4.78 is 6.97. The third-order valence-corrected chi connectivity index (χ3v) is 4.85. The van der Waals surface area contributed by atoms with Gasteiger partial charge in [0.25, 0.3) is 5.91 Å². The molecule has 0 atom stereocenters. The van der Waals surface area contributed by atoms with Crippen molar-refractivity contribution in [3.05, 3.63) is 94.6 Å². The minimum absolute atomic E-state index is 0.0811. The first kappa shape index (κ1) is 17.8. The number of imidazole rings is 1. The number of hydrogen-bond acceptors (Lipinski definition) is 5. The van der Waals surface area contributed by atoms with Crippen LogP contribution in [-0.2, 0) is 0 Å². The van der Waals surface area contributed by atoms with Gasteiger partial charge in [-0.3, -0.25) is 9.20 Å². The molecule has 1 N–H and O–H groups in total. The highest BCUT2D eigenvalue weighted by atomic mass is 16.4. The second kappa shape index (κ2) is 6.97. The Kier molecular flexibility index (Phi) is 4.14. The van der Waals surface area contributed by atoms with Gasteiger partial charge in [0, 0.05) is 23.3 Å². The van der Waals surface area contributed by atoms with E-state index in [0.29, 0.717) is 28.3 Å². The van der Waals surface area contributed by atoms with E-state index in [0.717, 1.165) is 11.1 Å². The molecule has 5 rings (SSSR count). The van der Waals surface area contributed by atoms with Crippen molar-refractivity contribution >= 4 is 28.5 Å². The number of nitrogens with one attached hydrogen (secondary N) is 1. The second-order valence-corrected chi connectivity index (χ2v) is 6.90. The summed E-state index contributed by atoms with van der Waals surface area (Å²) in [7, 11) is 0. The van der Waals surface area contributed by atoms with E-state index in [1.54, 1.807) is 41.1 Å². The molecule has 0 aliphatic heterocycles. The third kappa shape index (κ3) is 3.02. The standard InChI is InChI=1S/C23H16N4O3/c1-14-7-9-15(10-8-14)19-20(27-12-4-11-24-23(27)25-19)26-21(28)17-13-16-5-2-3-6-18(16)30-22(17)29/h2-13H,1H3,(H,26,28). The lowest BCUT2D eigenvalue weighted by Crippen LogP contribution is -2.21. The molecule has 7 nitrogen and oxygen atoms in total. The van der Waals surface area contributed by atoms with E-state index in [1.165, 1.54) is 6.07 Å². The van der Waals surface area contributed by atoms with Crippen molar-refractivity contribution in [2.45, 2.75) is 6.92 Å². The Balaban J connectivity index is 1.62. The normalized spacial score (nSPS) is 11.1. The number of hydrogen-bond donors (Lipinski definition) is 1. The Bertz CT molecular complexity index is 1470. The van der Waals surface area contributed by atoms with Crippen LogP contribution >= 0.6 is 0 Å². The van der Waals surface area contributed by atoms with Gasteiger partial charge < -0.3 is 9.73 Å². The fourth-order valence-corrected chi connectivity index (χ4v) is 3.31. The molecule has 3 aromatic heterocycles. The lowest BCUT2D eigenvalue weighted by molar-refractivity contribution is 0.102. The summed E-state index contributed by atoms with van der Waals surface area (Å²) in [6.45, 7) is 2.00. The van der Waals surface area contributed by atoms with Gasteiger partial charge in [-0.15, -0.1) is 0 Å². The van der Waals surface area contributed by atoms with Gasteiger partial charge in [-0.25, -0.2) is 14.8 Å². The zero-order valence-corrected chi connectivity index (χ0v) is 16.0. The fourth-order valence-electron chi connectivity index (χ4n) is 3.31. The van der Waals surface area contributed by atoms with E-state index in [9.17, 15) is 9.59 Å². The van der Waals surface area contributed by atoms with Gasteiger partial charge in [0.1, 0.15) is 22.7 Å². The topological polar surface area (TPSA) is 89.5 Å². The number of aryl methyl sites for hydroxylation is 1. The molecule has 7 heteroatoms. The van der Waals surface area contributed by atoms with Crippen LogP contribution in [0, 0.1) is 6.92 Å². The number of amides is 1. The van der Waals surface area contributed by atoms with Gasteiger partial charge in [0.05, 0.1) is 0 Å². The van der Waals surface area contributed by atoms with E-state index in [-0.39, 0.29) is 5.56 Å². The number of carbonyl (C=O) groups is 1. The number of carbonyl (C=O) groups excluding carboxylic acids is 1. The maximum absolute atomic E-state index is 13.0. The van der Waals surface area contributed by atoms with E-state index in [1.807, 2.05) is 37.3 Å². The second-order valence-electron chi connectivity index (χ2n) is 6.90. The molecule has 3 heterocycles. The van der Waals surface area contributed by atoms with Crippen LogP contribution in [0.2, 0.25) is 0 Å². The molecule has 0 aliphatic carbocycles. The molecule has 0 radical (unpaired) electrons. The zero-order valence-electron chi connectivity index (χ0n) is 16.0. The van der Waals surface area contributed by atoms with Crippen molar-refractivity contribution in [3.8, 4) is 11.3 Å². The van der Waals surface area contributed by atoms with Crippen molar-refractivity contribution in [2.24, 2.45) is 0 Å². The predicted molar refractivity (Wildman–Crippen MR) is 114 cm³/mol. The maximum Gasteiger partial charge on any atom is 0.349 e. The highest BCUT2D eigenvalue weighted by molar-refractivity contribution is 6.06. The monoisotopic (exact) mass is 396 g/mol. The van der Waals surface area contributed by atoms with Crippen LogP contribution in [-0.4, -0.2) is 20.3 Å². The molecule has 30 heavy (non-hydrogen) atoms. The highest BCUT2D eigenvalue weighted by Crippen LogP contribution is 2.28. The summed E-state index contributed by atoms with van der Waals surface area (Å²) in [5.74, 6) is 0.293. The predicted octanol–water partition coefficient (Wildman–Crippen LogP) is 4.06. The zero-order chi connectivity index (χ0) is 20.7. The third-order valence-electron chi connectivity index (χ3n) is 4.85. The number of para-hydroxylation sites is 1. The Labute approximate surface area is 170 Å². The van der Waals surface area contributed by atoms with Crippen molar-refractivity contribution in [1.29, 1.82) is 0 Å². The fraction of sp³-hybridized carbons (Fsp3) is 0.0435. The summed E-state index contributed by atoms with van der Waals surface area (Å²) in [6, 6.07) is 18.1. The minimum atomic E-state index is -0.699. The molecule has 0 bridgehead atoms. The van der Waals surface area contributed by atoms with Gasteiger partial charge >= 0.3 is 5.63 Å². The smallest absolute Gasteiger partial charge is 0.349 e. The molecule has 0 spiro atoms. The number of anilines is 1. The number of nitrogens with zero attached hydrogens (tertiary/aromatic N) is 3. The number of aromatic nitrogens is 3. The number of fused-ring (bicyclic) bond motifs is 2. The largest absolute Gasteiger partial charge is 0.422 e. The van der Waals surface area contributed by atoms with E-state index in [4.69, 9.17) is 4.42 Å². The van der Waals surface area contributed by atoms with Crippen molar-refractivity contribution in [2.75, 3.05) is 5.32 Å². The van der Waals surface area contributed by atoms with Gasteiger partial charge in [0.2, 0.25) is 5.78 Å². The molecule has 0 saturated carbocycles. The maximum atomic E-state index is 13.0. The van der Waals surface area contributed by atoms with Crippen LogP contribution in [0.3, 0.4) is 0 Å². The van der Waals surface area contributed by atoms with Crippen molar-refractivity contribution < 1.29 is 9.21 Å². The molecule has 1 amide bonds. The van der Waals surface area contributed by atoms with Gasteiger partial charge in [-0.2, -0.15) is 0 Å². The Morgan fingerprint density at radius 2 is 1.87 bits per heavy atom. The Hall–Kier alpha value is -4.26. The van der Waals surface area contributed by atoms with Crippen LogP contribution in [0.1, 0.15) is 15.9 Å². The lowest BCUT2D eigenvalue weighted by atomic mass is 10.1. The molecule has 0 saturated heterocycles. The van der Waals surface area contributed by atoms with E-state index < -0.39 is 11.5 Å². The Morgan fingerprint density at radius 3 is 2.70 bits per heavy atom. The molecular weight excluding hydrogens is 380 g/mol. The van der Waals surface area contributed by atoms with E-state index >= 15 is 0 Å². The minimum Gasteiger partial charge on any atom is -0.422 e. The summed E-state index contributed by atoms with van der Waals surface area (Å²) in [4.78, 5) is 34.3. The molecule has 5 aromatic rings. The molecule has 2 aromatic carbocycles. The van der Waals surface area contributed by atoms with Crippen molar-refractivity contribution in [1.82, 2.24) is 14.4 Å². The van der Waals surface area contributed by atoms with Crippen LogP contribution in [0.4, 0.5) is 5.82 Å². The Morgan fingerprint density at radius 1 is 1.07 bits per heavy atom. The first-order valence-corrected chi connectivity index (χ1v) is 9.34. The quantitative estimate of drug-likeness (QED) is 0.465. The van der Waals surface area contributed by atoms with Gasteiger partial charge in [-0.05, 0) is 25.1 Å². The lowest BCUT2D eigenvalue weighted by Gasteiger charge is -2.08. The summed E-state index contributed by atoms with van der Waals surface area (Å²) in [5.41, 5.74) is 2.15. The first-order chi connectivity index (χ1) is 14.6. The average molecular weight is 396 g/mol. The van der Waals surface area contributed by atoms with Crippen LogP contribution in [0.15, 0.2) is 82.3 Å². The van der Waals surface area contributed by atoms with Gasteiger partial charge in [0.15, 0.2) is 0 Å². The molecule has 0 fully saturated rings. The first-order valence-electron chi connectivity index (χ1n) is 9.34. The molecule has 0 unspecified atom stereocenters. The number of benzene rings is 2. The molecule has 146 valence electrons. The number of rotatable bonds is 3. The van der Waals surface area contributed by atoms with Crippen LogP contribution < -0.4 is 10.9 Å². The summed E-state index contributed by atoms with van der Waals surface area (Å²) in [6.07, 6.45) is 3.39. The summed E-state index contributed by atoms with van der Waals surface area (Å²) >= 11 is 0. The molecule has 0 aliphatic rings. The molecular formula is C23H16N4O3. The van der Waals surface area contributed by atoms with Gasteiger partial charge in [-0.1, -0.05) is 48.0 Å². The summed E-state index contributed by atoms with van der Waals surface area (Å²) in [5, 5.41) is 3.50. The van der Waals surface area contributed by atoms with Crippen LogP contribution in [0.25, 0.3) is 28.0 Å².